The van der Waals surface area contributed by atoms with Crippen molar-refractivity contribution in [3.05, 3.63) is 406 Å². The molecule has 0 N–H and O–H groups in total. The van der Waals surface area contributed by atoms with E-state index in [9.17, 15) is 0 Å². The summed E-state index contributed by atoms with van der Waals surface area (Å²) in [6, 6.07) is 140. The molecule has 0 bridgehead atoms. The molecular weight excluding hydrogens is 1550 g/mol. The van der Waals surface area contributed by atoms with E-state index in [1.165, 1.54) is 32.6 Å². The van der Waals surface area contributed by atoms with Crippen LogP contribution in [0.1, 0.15) is 0 Å². The van der Waals surface area contributed by atoms with E-state index in [0.29, 0.717) is 52.5 Å². The third kappa shape index (κ3) is 11.9. The van der Waals surface area contributed by atoms with Crippen LogP contribution in [0.3, 0.4) is 0 Å². The van der Waals surface area contributed by atoms with Crippen LogP contribution in [0, 0.1) is 0 Å². The normalized spacial score (nSPS) is 11.8. The van der Waals surface area contributed by atoms with Crippen LogP contribution in [0.25, 0.3) is 245 Å². The number of rotatable bonds is 12. The summed E-state index contributed by atoms with van der Waals surface area (Å²) in [5.74, 6) is 5.31. The summed E-state index contributed by atoms with van der Waals surface area (Å²) in [7, 11) is 0. The molecule has 9 heterocycles. The van der Waals surface area contributed by atoms with Crippen molar-refractivity contribution in [1.29, 1.82) is 0 Å². The van der Waals surface area contributed by atoms with E-state index in [-0.39, 0.29) is 0 Å². The van der Waals surface area contributed by atoms with E-state index < -0.39 is 0 Å². The Balaban J connectivity index is 0.000000140. The molecule has 26 rings (SSSR count). The summed E-state index contributed by atoms with van der Waals surface area (Å²) in [6.45, 7) is 0. The van der Waals surface area contributed by atoms with Gasteiger partial charge >= 0.3 is 0 Å². The van der Waals surface area contributed by atoms with Crippen LogP contribution in [0.15, 0.2) is 415 Å². The van der Waals surface area contributed by atoms with E-state index >= 15 is 0 Å². The molecule has 0 aliphatic rings. The van der Waals surface area contributed by atoms with Gasteiger partial charge in [-0.1, -0.05) is 297 Å². The maximum atomic E-state index is 6.77. The fraction of sp³-hybridized carbons (Fsp3) is 0. The second-order valence-electron chi connectivity index (χ2n) is 31.5. The fourth-order valence-corrected chi connectivity index (χ4v) is 18.4. The van der Waals surface area contributed by atoms with Gasteiger partial charge in [-0.2, -0.15) is 9.97 Å². The highest BCUT2D eigenvalue weighted by Gasteiger charge is 2.27. The van der Waals surface area contributed by atoms with E-state index in [2.05, 4.69) is 231 Å². The molecule has 0 aliphatic heterocycles. The largest absolute Gasteiger partial charge is 0.455 e. The molecule has 9 aromatic heterocycles. The van der Waals surface area contributed by atoms with Gasteiger partial charge in [0.1, 0.15) is 22.3 Å². The van der Waals surface area contributed by atoms with Crippen molar-refractivity contribution in [3.63, 3.8) is 0 Å². The minimum absolute atomic E-state index is 0.544. The van der Waals surface area contributed by atoms with Crippen LogP contribution >= 0.6 is 0 Å². The molecule has 0 fully saturated rings. The first-order valence-electron chi connectivity index (χ1n) is 42.0. The molecular formula is C111H67N13O2. The summed E-state index contributed by atoms with van der Waals surface area (Å²) >= 11 is 0. The Morgan fingerprint density at radius 2 is 0.413 bits per heavy atom. The second-order valence-corrected chi connectivity index (χ2v) is 31.5. The maximum Gasteiger partial charge on any atom is 0.238 e. The first-order valence-corrected chi connectivity index (χ1v) is 42.0. The smallest absolute Gasteiger partial charge is 0.238 e. The molecule has 26 aromatic rings. The average Bonchev–Trinajstić information content (AvgIpc) is 1.56. The molecule has 0 aliphatic carbocycles. The number of hydrogen-bond acceptors (Lipinski definition) is 11. The lowest BCUT2D eigenvalue weighted by Gasteiger charge is -2.11. The lowest BCUT2D eigenvalue weighted by Crippen LogP contribution is -2.06. The quantitative estimate of drug-likeness (QED) is 0.114. The van der Waals surface area contributed by atoms with E-state index in [1.54, 1.807) is 0 Å². The van der Waals surface area contributed by atoms with Gasteiger partial charge in [-0.05, 0) is 109 Å². The van der Waals surface area contributed by atoms with Crippen LogP contribution in [0.4, 0.5) is 0 Å². The highest BCUT2D eigenvalue weighted by molar-refractivity contribution is 6.22. The molecule has 0 saturated heterocycles. The predicted molar refractivity (Wildman–Crippen MR) is 508 cm³/mol. The van der Waals surface area contributed by atoms with E-state index in [0.717, 1.165) is 160 Å². The Bertz CT molecular complexity index is 8660. The molecule has 126 heavy (non-hydrogen) atoms. The van der Waals surface area contributed by atoms with Gasteiger partial charge in [-0.3, -0.25) is 4.57 Å². The van der Waals surface area contributed by atoms with Gasteiger partial charge in [0.05, 0.1) is 55.3 Å². The SMILES string of the molecule is c1ccc(-c2nc(-c3ccccc3)nc(-c3cccc4c3oc3ccc(-n5c6ccccc6c6cc7c(cc65)c5ccccc5n7-c5ccccc5)cc34)n2)cc1.c1ccc(-c2nc(-c3ccccc3)nc(-c3cccc4c3oc3ccc(-n5c6ccccc6c6cc7c(cc65)c5ccccc5n7-c5nc(-c6ccccc6)nc(-c6ccccc6)n5)cc34)n2)cc1. The van der Waals surface area contributed by atoms with Gasteiger partial charge in [0.2, 0.25) is 5.95 Å². The maximum absolute atomic E-state index is 6.77. The van der Waals surface area contributed by atoms with Crippen LogP contribution in [-0.2, 0) is 0 Å². The summed E-state index contributed by atoms with van der Waals surface area (Å²) < 4.78 is 22.8. The molecule has 15 nitrogen and oxygen atoms in total. The lowest BCUT2D eigenvalue weighted by atomic mass is 10.1. The minimum atomic E-state index is 0.544. The zero-order valence-electron chi connectivity index (χ0n) is 67.3. The summed E-state index contributed by atoms with van der Waals surface area (Å²) in [5, 5.41) is 13.3. The Morgan fingerprint density at radius 1 is 0.159 bits per heavy atom. The van der Waals surface area contributed by atoms with Crippen molar-refractivity contribution in [3.8, 4) is 114 Å². The molecule has 588 valence electrons. The first-order chi connectivity index (χ1) is 62.5. The molecule has 17 aromatic carbocycles. The molecule has 0 spiro atoms. The second kappa shape index (κ2) is 29.2. The summed E-state index contributed by atoms with van der Waals surface area (Å²) in [6.07, 6.45) is 0. The first kappa shape index (κ1) is 71.5. The Kier molecular flexibility index (Phi) is 16.6. The number of para-hydroxylation sites is 7. The van der Waals surface area contributed by atoms with Gasteiger partial charge in [0.15, 0.2) is 46.6 Å². The standard InChI is InChI=1S/C60H36N8O.C51H31N5O/c1-5-18-37(19-6-1)55-61-56(38-20-7-2-8-21-38)64-59(63-55)45-29-17-28-44-48-34-41(32-33-53(48)69-54(44)45)67-49-30-15-13-26-42(49)46-36-52-47(35-51(46)67)43-27-14-16-31-50(43)68(52)60-65-57(39-22-9-3-10-23-39)62-58(66-60)40-24-11-4-12-25-40;1-4-15-32(16-5-1)49-52-50(33-17-6-2-7-18-33)54-51(53-49)39-24-14-23-38-42-29-35(27-28-47(42)57-48(38)39)56-44-26-13-11-22-37(44)41-30-45-40(31-46(41)56)36-21-10-12-25-43(36)55(45)34-19-8-3-9-20-34/h1-36H;1-31H. The topological polar surface area (TPSA) is 162 Å². The van der Waals surface area contributed by atoms with Crippen LogP contribution in [-0.4, -0.2) is 63.1 Å². The van der Waals surface area contributed by atoms with Gasteiger partial charge in [-0.25, -0.2) is 34.9 Å². The van der Waals surface area contributed by atoms with Gasteiger partial charge in [0, 0.05) is 115 Å². The van der Waals surface area contributed by atoms with Crippen molar-refractivity contribution in [1.82, 2.24) is 63.1 Å². The number of fused-ring (bicyclic) bond motifs is 18. The van der Waals surface area contributed by atoms with Crippen LogP contribution in [0.2, 0.25) is 0 Å². The summed E-state index contributed by atoms with van der Waals surface area (Å²) in [4.78, 5) is 45.4. The van der Waals surface area contributed by atoms with Gasteiger partial charge < -0.3 is 22.5 Å². The molecule has 15 heteroatoms. The Morgan fingerprint density at radius 3 is 0.738 bits per heavy atom. The molecule has 0 saturated carbocycles. The molecule has 0 radical (unpaired) electrons. The fourth-order valence-electron chi connectivity index (χ4n) is 18.4. The summed E-state index contributed by atoms with van der Waals surface area (Å²) in [5.41, 5.74) is 22.2. The third-order valence-corrected chi connectivity index (χ3v) is 24.2. The van der Waals surface area contributed by atoms with E-state index in [1.807, 2.05) is 194 Å². The molecule has 0 unspecified atom stereocenters. The van der Waals surface area contributed by atoms with Gasteiger partial charge in [-0.15, -0.1) is 0 Å². The van der Waals surface area contributed by atoms with Crippen molar-refractivity contribution < 1.29 is 8.83 Å². The third-order valence-electron chi connectivity index (χ3n) is 24.2. The monoisotopic (exact) mass is 1610 g/mol. The Hall–Kier alpha value is -17.4. The van der Waals surface area contributed by atoms with Crippen molar-refractivity contribution in [2.24, 2.45) is 0 Å². The van der Waals surface area contributed by atoms with E-state index in [4.69, 9.17) is 53.7 Å². The van der Waals surface area contributed by atoms with Crippen LogP contribution < -0.4 is 0 Å². The lowest BCUT2D eigenvalue weighted by molar-refractivity contribution is 0.669. The number of nitrogens with zero attached hydrogens (tertiary/aromatic N) is 13. The number of furan rings is 2. The predicted octanol–water partition coefficient (Wildman–Crippen LogP) is 27.5. The van der Waals surface area contributed by atoms with Crippen molar-refractivity contribution in [2.75, 3.05) is 0 Å². The minimum Gasteiger partial charge on any atom is -0.455 e. The van der Waals surface area contributed by atoms with Crippen molar-refractivity contribution >= 4 is 131 Å². The molecule has 0 atom stereocenters. The highest BCUT2D eigenvalue weighted by atomic mass is 16.3. The highest BCUT2D eigenvalue weighted by Crippen LogP contribution is 2.46. The zero-order chi connectivity index (χ0) is 82.9. The van der Waals surface area contributed by atoms with Crippen molar-refractivity contribution in [2.45, 2.75) is 0 Å². The zero-order valence-corrected chi connectivity index (χ0v) is 67.3. The number of hydrogen-bond donors (Lipinski definition) is 0. The molecule has 0 amide bonds. The number of benzene rings is 17. The van der Waals surface area contributed by atoms with Crippen LogP contribution in [0.5, 0.6) is 0 Å². The van der Waals surface area contributed by atoms with Gasteiger partial charge in [0.25, 0.3) is 0 Å². The Labute approximate surface area is 719 Å². The number of aromatic nitrogens is 13. The average molecular weight is 1610 g/mol.